The van der Waals surface area contributed by atoms with Crippen LogP contribution in [0.25, 0.3) is 11.3 Å². The van der Waals surface area contributed by atoms with Crippen LogP contribution < -0.4 is 15.8 Å². The number of anilines is 2. The van der Waals surface area contributed by atoms with E-state index < -0.39 is 0 Å². The van der Waals surface area contributed by atoms with Gasteiger partial charge in [0.15, 0.2) is 0 Å². The Kier molecular flexibility index (Phi) is 6.62. The molecule has 198 valence electrons. The van der Waals surface area contributed by atoms with Gasteiger partial charge in [-0.1, -0.05) is 41.7 Å². The third-order valence-corrected chi connectivity index (χ3v) is 10.1. The smallest absolute Gasteiger partial charge is 0.250 e. The van der Waals surface area contributed by atoms with Crippen molar-refractivity contribution >= 4 is 34.9 Å². The molecule has 2 aromatic carbocycles. The fourth-order valence-corrected chi connectivity index (χ4v) is 7.70. The third kappa shape index (κ3) is 5.21. The van der Waals surface area contributed by atoms with Crippen LogP contribution in [-0.4, -0.2) is 36.3 Å². The SMILES string of the molecule is Cc1ccc(C(Nc2ccc3c(c2)Sc2cccc(-c4cc(N5CCOCC5)cc(=O)[nH]4)c2S3)C2CC2)nc1. The lowest BCUT2D eigenvalue weighted by Gasteiger charge is -2.29. The van der Waals surface area contributed by atoms with Crippen LogP contribution in [0.5, 0.6) is 0 Å². The van der Waals surface area contributed by atoms with Crippen LogP contribution in [0, 0.1) is 12.8 Å². The van der Waals surface area contributed by atoms with Gasteiger partial charge >= 0.3 is 0 Å². The highest BCUT2D eigenvalue weighted by Gasteiger charge is 2.33. The fourth-order valence-electron chi connectivity index (χ4n) is 5.29. The van der Waals surface area contributed by atoms with E-state index in [0.717, 1.165) is 41.4 Å². The van der Waals surface area contributed by atoms with Crippen molar-refractivity contribution in [1.82, 2.24) is 9.97 Å². The molecule has 1 saturated carbocycles. The van der Waals surface area contributed by atoms with Crippen LogP contribution >= 0.6 is 23.5 Å². The van der Waals surface area contributed by atoms with Gasteiger partial charge in [-0.2, -0.15) is 0 Å². The van der Waals surface area contributed by atoms with Gasteiger partial charge in [0.25, 0.3) is 0 Å². The van der Waals surface area contributed by atoms with Gasteiger partial charge < -0.3 is 19.9 Å². The summed E-state index contributed by atoms with van der Waals surface area (Å²) in [5.74, 6) is 0.636. The summed E-state index contributed by atoms with van der Waals surface area (Å²) >= 11 is 3.57. The fraction of sp³-hybridized carbons (Fsp3) is 0.290. The second kappa shape index (κ2) is 10.4. The summed E-state index contributed by atoms with van der Waals surface area (Å²) < 4.78 is 5.50. The second-order valence-electron chi connectivity index (χ2n) is 10.4. The van der Waals surface area contributed by atoms with E-state index in [1.807, 2.05) is 6.20 Å². The number of rotatable bonds is 6. The van der Waals surface area contributed by atoms with E-state index >= 15 is 0 Å². The van der Waals surface area contributed by atoms with Crippen LogP contribution in [-0.2, 0) is 4.74 Å². The highest BCUT2D eigenvalue weighted by Crippen LogP contribution is 2.52. The molecule has 0 amide bonds. The molecule has 4 heterocycles. The van der Waals surface area contributed by atoms with E-state index in [9.17, 15) is 4.79 Å². The molecule has 0 bridgehead atoms. The number of fused-ring (bicyclic) bond motifs is 2. The Morgan fingerprint density at radius 2 is 1.87 bits per heavy atom. The number of ether oxygens (including phenoxy) is 1. The van der Waals surface area contributed by atoms with Gasteiger partial charge in [0.1, 0.15) is 0 Å². The molecule has 2 N–H and O–H groups in total. The number of hydrogen-bond acceptors (Lipinski definition) is 7. The summed E-state index contributed by atoms with van der Waals surface area (Å²) in [5.41, 5.74) is 6.22. The quantitative estimate of drug-likeness (QED) is 0.240. The van der Waals surface area contributed by atoms with Crippen LogP contribution in [0.2, 0.25) is 0 Å². The molecular weight excluding hydrogens is 525 g/mol. The molecular formula is C31H30N4O2S2. The predicted octanol–water partition coefficient (Wildman–Crippen LogP) is 6.76. The van der Waals surface area contributed by atoms with Crippen molar-refractivity contribution in [1.29, 1.82) is 0 Å². The lowest BCUT2D eigenvalue weighted by Crippen LogP contribution is -2.36. The van der Waals surface area contributed by atoms with Crippen molar-refractivity contribution in [3.63, 3.8) is 0 Å². The van der Waals surface area contributed by atoms with Crippen molar-refractivity contribution in [2.75, 3.05) is 36.5 Å². The van der Waals surface area contributed by atoms with Gasteiger partial charge in [-0.3, -0.25) is 9.78 Å². The van der Waals surface area contributed by atoms with Crippen molar-refractivity contribution < 1.29 is 4.74 Å². The molecule has 6 nitrogen and oxygen atoms in total. The van der Waals surface area contributed by atoms with Crippen LogP contribution in [0.4, 0.5) is 11.4 Å². The summed E-state index contributed by atoms with van der Waals surface area (Å²) in [6.45, 7) is 5.05. The van der Waals surface area contributed by atoms with Gasteiger partial charge in [0, 0.05) is 61.9 Å². The van der Waals surface area contributed by atoms with E-state index in [4.69, 9.17) is 9.72 Å². The molecule has 1 saturated heterocycles. The first kappa shape index (κ1) is 24.8. The van der Waals surface area contributed by atoms with Crippen LogP contribution in [0.1, 0.15) is 30.1 Å². The summed E-state index contributed by atoms with van der Waals surface area (Å²) in [6, 6.07) is 21.4. The Labute approximate surface area is 236 Å². The summed E-state index contributed by atoms with van der Waals surface area (Å²) in [6.07, 6.45) is 4.45. The highest BCUT2D eigenvalue weighted by molar-refractivity contribution is 8.05. The number of nitrogens with one attached hydrogen (secondary N) is 2. The minimum atomic E-state index is -0.0792. The number of benzene rings is 2. The Hall–Kier alpha value is -3.20. The molecule has 2 aromatic heterocycles. The molecule has 39 heavy (non-hydrogen) atoms. The first-order chi connectivity index (χ1) is 19.1. The van der Waals surface area contributed by atoms with Gasteiger partial charge in [-0.05, 0) is 67.6 Å². The lowest BCUT2D eigenvalue weighted by molar-refractivity contribution is 0.122. The number of aromatic nitrogens is 2. The molecule has 1 aliphatic carbocycles. The minimum Gasteiger partial charge on any atom is -0.378 e. The topological polar surface area (TPSA) is 70.2 Å². The molecule has 0 spiro atoms. The second-order valence-corrected chi connectivity index (χ2v) is 12.6. The molecule has 7 rings (SSSR count). The van der Waals surface area contributed by atoms with Crippen molar-refractivity contribution in [2.24, 2.45) is 5.92 Å². The van der Waals surface area contributed by atoms with Crippen LogP contribution in [0.3, 0.4) is 0 Å². The lowest BCUT2D eigenvalue weighted by atomic mass is 10.1. The average molecular weight is 555 g/mol. The molecule has 8 heteroatoms. The van der Waals surface area contributed by atoms with Crippen molar-refractivity contribution in [3.05, 3.63) is 88.5 Å². The number of hydrogen-bond donors (Lipinski definition) is 2. The number of nitrogens with zero attached hydrogens (tertiary/aromatic N) is 2. The Balaban J connectivity index is 1.17. The molecule has 2 fully saturated rings. The summed E-state index contributed by atoms with van der Waals surface area (Å²) in [5, 5.41) is 3.79. The van der Waals surface area contributed by atoms with Gasteiger partial charge in [0.05, 0.1) is 30.6 Å². The van der Waals surface area contributed by atoms with E-state index in [1.165, 1.54) is 38.0 Å². The van der Waals surface area contributed by atoms with E-state index in [2.05, 4.69) is 76.7 Å². The first-order valence-electron chi connectivity index (χ1n) is 13.5. The van der Waals surface area contributed by atoms with Gasteiger partial charge in [-0.15, -0.1) is 0 Å². The monoisotopic (exact) mass is 554 g/mol. The molecule has 4 aromatic rings. The predicted molar refractivity (Wildman–Crippen MR) is 158 cm³/mol. The number of aryl methyl sites for hydroxylation is 1. The third-order valence-electron chi connectivity index (χ3n) is 7.52. The van der Waals surface area contributed by atoms with E-state index in [1.54, 1.807) is 29.6 Å². The van der Waals surface area contributed by atoms with Gasteiger partial charge in [-0.25, -0.2) is 0 Å². The maximum atomic E-state index is 12.7. The number of H-pyrrole nitrogens is 1. The molecule has 1 atom stereocenters. The zero-order chi connectivity index (χ0) is 26.3. The Morgan fingerprint density at radius 1 is 1.00 bits per heavy atom. The maximum absolute atomic E-state index is 12.7. The molecule has 3 aliphatic rings. The summed E-state index contributed by atoms with van der Waals surface area (Å²) in [7, 11) is 0. The average Bonchev–Trinajstić information content (AvgIpc) is 3.81. The van der Waals surface area contributed by atoms with Gasteiger partial charge in [0.2, 0.25) is 5.56 Å². The molecule has 2 aliphatic heterocycles. The first-order valence-corrected chi connectivity index (χ1v) is 15.1. The number of pyridine rings is 2. The van der Waals surface area contributed by atoms with Crippen molar-refractivity contribution in [3.8, 4) is 11.3 Å². The Morgan fingerprint density at radius 3 is 2.67 bits per heavy atom. The van der Waals surface area contributed by atoms with Crippen LogP contribution in [0.15, 0.2) is 91.2 Å². The molecule has 1 unspecified atom stereocenters. The summed E-state index contributed by atoms with van der Waals surface area (Å²) in [4.78, 5) is 27.6. The normalized spacial score (nSPS) is 17.3. The standard InChI is InChI=1S/C31H30N4O2S2/c1-19-5-9-24(32-18-19)30(20-6-7-20)33-21-8-10-26-28(15-21)38-27-4-2-3-23(31(27)39-26)25-16-22(17-29(36)34-25)35-11-13-37-14-12-35/h2-5,8-10,15-18,20,30,33H,6-7,11-14H2,1H3,(H,34,36). The van der Waals surface area contributed by atoms with Crippen molar-refractivity contribution in [2.45, 2.75) is 45.4 Å². The zero-order valence-corrected chi connectivity index (χ0v) is 23.4. The largest absolute Gasteiger partial charge is 0.378 e. The number of aromatic amines is 1. The highest BCUT2D eigenvalue weighted by atomic mass is 32.2. The maximum Gasteiger partial charge on any atom is 0.250 e. The zero-order valence-electron chi connectivity index (χ0n) is 21.8. The molecule has 0 radical (unpaired) electrons. The van der Waals surface area contributed by atoms with E-state index in [-0.39, 0.29) is 11.6 Å². The number of morpholine rings is 1. The van der Waals surface area contributed by atoms with E-state index in [0.29, 0.717) is 19.1 Å². The minimum absolute atomic E-state index is 0.0792. The Bertz CT molecular complexity index is 1580.